The first-order valence-electron chi connectivity index (χ1n) is 9.44. The highest BCUT2D eigenvalue weighted by Crippen LogP contribution is 2.29. The average molecular weight is 389 g/mol. The molecule has 0 unspecified atom stereocenters. The van der Waals surface area contributed by atoms with Gasteiger partial charge in [-0.2, -0.15) is 0 Å². The van der Waals surface area contributed by atoms with E-state index in [4.69, 9.17) is 9.47 Å². The fourth-order valence-corrected chi connectivity index (χ4v) is 3.09. The van der Waals surface area contributed by atoms with Gasteiger partial charge < -0.3 is 20.1 Å². The van der Waals surface area contributed by atoms with Gasteiger partial charge in [-0.3, -0.25) is 4.99 Å². The number of fused-ring (bicyclic) bond motifs is 1. The van der Waals surface area contributed by atoms with Crippen molar-refractivity contribution >= 4 is 5.96 Å². The van der Waals surface area contributed by atoms with E-state index in [-0.39, 0.29) is 18.4 Å². The zero-order valence-electron chi connectivity index (χ0n) is 15.9. The molecule has 2 aromatic rings. The largest absolute Gasteiger partial charge is 0.467 e. The molecule has 5 nitrogen and oxygen atoms in total. The molecule has 2 N–H and O–H groups in total. The Hall–Kier alpha value is -2.67. The highest BCUT2D eigenvalue weighted by molar-refractivity contribution is 5.79. The highest BCUT2D eigenvalue weighted by Gasteiger charge is 2.16. The molecule has 0 aliphatic carbocycles. The van der Waals surface area contributed by atoms with E-state index < -0.39 is 0 Å². The SMILES string of the molecule is CCNC(=NCCc1ccccc1F)NCCc1cc(F)cc2c1OCOC2. The molecule has 0 amide bonds. The maximum atomic E-state index is 13.8. The lowest BCUT2D eigenvalue weighted by atomic mass is 10.1. The Labute approximate surface area is 163 Å². The Balaban J connectivity index is 1.56. The lowest BCUT2D eigenvalue weighted by Gasteiger charge is -2.21. The van der Waals surface area contributed by atoms with Gasteiger partial charge in [-0.05, 0) is 49.1 Å². The molecular weight excluding hydrogens is 364 g/mol. The summed E-state index contributed by atoms with van der Waals surface area (Å²) in [6.45, 7) is 4.25. The van der Waals surface area contributed by atoms with Gasteiger partial charge in [0.1, 0.15) is 17.4 Å². The second kappa shape index (κ2) is 10.0. The van der Waals surface area contributed by atoms with Gasteiger partial charge in [0.2, 0.25) is 0 Å². The first-order chi connectivity index (χ1) is 13.7. The summed E-state index contributed by atoms with van der Waals surface area (Å²) in [6, 6.07) is 9.65. The smallest absolute Gasteiger partial charge is 0.191 e. The molecule has 0 aromatic heterocycles. The van der Waals surface area contributed by atoms with Gasteiger partial charge in [0.15, 0.2) is 12.8 Å². The fourth-order valence-electron chi connectivity index (χ4n) is 3.09. The summed E-state index contributed by atoms with van der Waals surface area (Å²) in [4.78, 5) is 4.49. The van der Waals surface area contributed by atoms with Crippen LogP contribution in [0.2, 0.25) is 0 Å². The van der Waals surface area contributed by atoms with Gasteiger partial charge in [0.25, 0.3) is 0 Å². The van der Waals surface area contributed by atoms with Crippen molar-refractivity contribution in [3.8, 4) is 5.75 Å². The molecule has 0 radical (unpaired) electrons. The van der Waals surface area contributed by atoms with Crippen LogP contribution in [0.25, 0.3) is 0 Å². The molecule has 150 valence electrons. The van der Waals surface area contributed by atoms with E-state index >= 15 is 0 Å². The van der Waals surface area contributed by atoms with Crippen LogP contribution in [-0.4, -0.2) is 32.4 Å². The minimum absolute atomic E-state index is 0.180. The van der Waals surface area contributed by atoms with Gasteiger partial charge in [0, 0.05) is 25.2 Å². The van der Waals surface area contributed by atoms with E-state index in [1.165, 1.54) is 18.2 Å². The number of hydrogen-bond donors (Lipinski definition) is 2. The molecular formula is C21H25F2N3O2. The summed E-state index contributed by atoms with van der Waals surface area (Å²) in [5.74, 6) is 0.841. The second-order valence-corrected chi connectivity index (χ2v) is 6.44. The van der Waals surface area contributed by atoms with Crippen LogP contribution >= 0.6 is 0 Å². The zero-order valence-corrected chi connectivity index (χ0v) is 15.9. The minimum Gasteiger partial charge on any atom is -0.467 e. The van der Waals surface area contributed by atoms with E-state index in [0.29, 0.717) is 56.4 Å². The second-order valence-electron chi connectivity index (χ2n) is 6.44. The molecule has 7 heteroatoms. The molecule has 0 saturated carbocycles. The van der Waals surface area contributed by atoms with E-state index in [1.807, 2.05) is 13.0 Å². The number of benzene rings is 2. The molecule has 0 saturated heterocycles. The van der Waals surface area contributed by atoms with Crippen molar-refractivity contribution in [1.29, 1.82) is 0 Å². The fraction of sp³-hybridized carbons (Fsp3) is 0.381. The zero-order chi connectivity index (χ0) is 19.8. The van der Waals surface area contributed by atoms with Crippen LogP contribution in [0.4, 0.5) is 8.78 Å². The molecule has 1 aliphatic rings. The molecule has 0 atom stereocenters. The van der Waals surface area contributed by atoms with Gasteiger partial charge in [-0.25, -0.2) is 8.78 Å². The van der Waals surface area contributed by atoms with Crippen molar-refractivity contribution in [2.75, 3.05) is 26.4 Å². The summed E-state index contributed by atoms with van der Waals surface area (Å²) in [7, 11) is 0. The lowest BCUT2D eigenvalue weighted by molar-refractivity contribution is -0.0172. The van der Waals surface area contributed by atoms with Gasteiger partial charge in [-0.15, -0.1) is 0 Å². The Morgan fingerprint density at radius 1 is 1.11 bits per heavy atom. The summed E-state index contributed by atoms with van der Waals surface area (Å²) in [5.41, 5.74) is 2.17. The van der Waals surface area contributed by atoms with Gasteiger partial charge >= 0.3 is 0 Å². The molecule has 0 spiro atoms. The molecule has 3 rings (SSSR count). The highest BCUT2D eigenvalue weighted by atomic mass is 19.1. The Morgan fingerprint density at radius 3 is 2.79 bits per heavy atom. The van der Waals surface area contributed by atoms with E-state index in [1.54, 1.807) is 12.1 Å². The third kappa shape index (κ3) is 5.42. The maximum Gasteiger partial charge on any atom is 0.191 e. The number of aliphatic imine (C=N–C) groups is 1. The summed E-state index contributed by atoms with van der Waals surface area (Å²) < 4.78 is 38.3. The van der Waals surface area contributed by atoms with E-state index in [0.717, 1.165) is 11.1 Å². The van der Waals surface area contributed by atoms with Crippen LogP contribution in [0.15, 0.2) is 41.4 Å². The topological polar surface area (TPSA) is 54.9 Å². The van der Waals surface area contributed by atoms with Crippen molar-refractivity contribution in [3.63, 3.8) is 0 Å². The van der Waals surface area contributed by atoms with Crippen molar-refractivity contribution in [1.82, 2.24) is 10.6 Å². The van der Waals surface area contributed by atoms with Crippen LogP contribution in [-0.2, 0) is 24.2 Å². The molecule has 1 aliphatic heterocycles. The quantitative estimate of drug-likeness (QED) is 0.564. The number of nitrogens with one attached hydrogen (secondary N) is 2. The molecule has 0 bridgehead atoms. The van der Waals surface area contributed by atoms with Crippen LogP contribution in [0.3, 0.4) is 0 Å². The van der Waals surface area contributed by atoms with Gasteiger partial charge in [-0.1, -0.05) is 18.2 Å². The van der Waals surface area contributed by atoms with Crippen LogP contribution in [0.1, 0.15) is 23.6 Å². The summed E-state index contributed by atoms with van der Waals surface area (Å²) in [5, 5.41) is 6.40. The molecule has 0 fully saturated rings. The number of rotatable bonds is 7. The maximum absolute atomic E-state index is 13.8. The Bertz CT molecular complexity index is 827. The summed E-state index contributed by atoms with van der Waals surface area (Å²) >= 11 is 0. The minimum atomic E-state index is -0.298. The Morgan fingerprint density at radius 2 is 1.96 bits per heavy atom. The molecule has 2 aromatic carbocycles. The first kappa shape index (κ1) is 20.1. The predicted octanol–water partition coefficient (Wildman–Crippen LogP) is 3.17. The normalized spacial score (nSPS) is 13.6. The van der Waals surface area contributed by atoms with Crippen molar-refractivity contribution in [2.24, 2.45) is 4.99 Å². The van der Waals surface area contributed by atoms with Crippen molar-refractivity contribution in [2.45, 2.75) is 26.4 Å². The van der Waals surface area contributed by atoms with Crippen molar-refractivity contribution in [3.05, 3.63) is 64.7 Å². The third-order valence-corrected chi connectivity index (χ3v) is 4.39. The van der Waals surface area contributed by atoms with Gasteiger partial charge in [0.05, 0.1) is 6.61 Å². The van der Waals surface area contributed by atoms with Crippen molar-refractivity contribution < 1.29 is 18.3 Å². The standard InChI is InChI=1S/C21H25F2N3O2/c1-2-24-21(25-9-7-15-5-3-4-6-19(15)23)26-10-8-16-11-18(22)12-17-13-27-14-28-20(16)17/h3-6,11-12H,2,7-10,13-14H2,1H3,(H2,24,25,26). The number of hydrogen-bond acceptors (Lipinski definition) is 3. The average Bonchev–Trinajstić information content (AvgIpc) is 2.69. The third-order valence-electron chi connectivity index (χ3n) is 4.39. The number of nitrogens with zero attached hydrogens (tertiary/aromatic N) is 1. The predicted molar refractivity (Wildman–Crippen MR) is 104 cm³/mol. The molecule has 28 heavy (non-hydrogen) atoms. The molecule has 1 heterocycles. The van der Waals surface area contributed by atoms with E-state index in [9.17, 15) is 8.78 Å². The van der Waals surface area contributed by atoms with Crippen LogP contribution in [0.5, 0.6) is 5.75 Å². The number of ether oxygens (including phenoxy) is 2. The monoisotopic (exact) mass is 389 g/mol. The van der Waals surface area contributed by atoms with E-state index in [2.05, 4.69) is 15.6 Å². The Kier molecular flexibility index (Phi) is 7.19. The number of halogens is 2. The number of guanidine groups is 1. The summed E-state index contributed by atoms with van der Waals surface area (Å²) in [6.07, 6.45) is 1.10. The van der Waals surface area contributed by atoms with Crippen LogP contribution < -0.4 is 15.4 Å². The lowest BCUT2D eigenvalue weighted by Crippen LogP contribution is -2.38. The van der Waals surface area contributed by atoms with Crippen LogP contribution in [0, 0.1) is 11.6 Å². The first-order valence-corrected chi connectivity index (χ1v) is 9.44.